The molecule has 0 fully saturated rings. The molecule has 2 heteroatoms. The van der Waals surface area contributed by atoms with Crippen molar-refractivity contribution in [1.29, 1.82) is 0 Å². The Balaban J connectivity index is 2.81. The standard InChI is InChI=1S/C13H21NO/c1-10(8-9-14)11-4-6-12(7-5-11)13(2,3)15/h4-7,10,15H,8-9,14H2,1-3H3. The first-order chi connectivity index (χ1) is 6.95. The monoisotopic (exact) mass is 207 g/mol. The molecule has 15 heavy (non-hydrogen) atoms. The van der Waals surface area contributed by atoms with E-state index in [0.717, 1.165) is 12.0 Å². The summed E-state index contributed by atoms with van der Waals surface area (Å²) in [7, 11) is 0. The van der Waals surface area contributed by atoms with E-state index in [9.17, 15) is 5.11 Å². The van der Waals surface area contributed by atoms with Crippen molar-refractivity contribution in [2.24, 2.45) is 5.73 Å². The normalized spacial score (nSPS) is 13.9. The molecule has 1 aromatic rings. The lowest BCUT2D eigenvalue weighted by molar-refractivity contribution is 0.0786. The zero-order chi connectivity index (χ0) is 11.5. The fourth-order valence-corrected chi connectivity index (χ4v) is 1.64. The van der Waals surface area contributed by atoms with Crippen LogP contribution in [0.4, 0.5) is 0 Å². The predicted molar refractivity (Wildman–Crippen MR) is 63.8 cm³/mol. The summed E-state index contributed by atoms with van der Waals surface area (Å²) in [6, 6.07) is 8.13. The van der Waals surface area contributed by atoms with E-state index in [1.165, 1.54) is 5.56 Å². The van der Waals surface area contributed by atoms with Crippen molar-refractivity contribution in [2.45, 2.75) is 38.7 Å². The van der Waals surface area contributed by atoms with Crippen molar-refractivity contribution in [2.75, 3.05) is 6.54 Å². The summed E-state index contributed by atoms with van der Waals surface area (Å²) in [4.78, 5) is 0. The van der Waals surface area contributed by atoms with Gasteiger partial charge in [-0.3, -0.25) is 0 Å². The van der Waals surface area contributed by atoms with E-state index in [0.29, 0.717) is 12.5 Å². The average molecular weight is 207 g/mol. The summed E-state index contributed by atoms with van der Waals surface area (Å²) in [5.41, 5.74) is 7.01. The molecule has 0 spiro atoms. The number of nitrogens with two attached hydrogens (primary N) is 1. The van der Waals surface area contributed by atoms with Crippen LogP contribution in [-0.4, -0.2) is 11.7 Å². The molecule has 0 aromatic heterocycles. The van der Waals surface area contributed by atoms with E-state index in [-0.39, 0.29) is 0 Å². The van der Waals surface area contributed by atoms with Gasteiger partial charge in [0.2, 0.25) is 0 Å². The highest BCUT2D eigenvalue weighted by Gasteiger charge is 2.15. The van der Waals surface area contributed by atoms with Gasteiger partial charge in [-0.1, -0.05) is 31.2 Å². The summed E-state index contributed by atoms with van der Waals surface area (Å²) in [6.45, 7) is 6.48. The second kappa shape index (κ2) is 4.77. The van der Waals surface area contributed by atoms with Gasteiger partial charge in [-0.25, -0.2) is 0 Å². The molecular formula is C13H21NO. The predicted octanol–water partition coefficient (Wildman–Crippen LogP) is 2.37. The van der Waals surface area contributed by atoms with Crippen molar-refractivity contribution in [3.8, 4) is 0 Å². The van der Waals surface area contributed by atoms with Gasteiger partial charge >= 0.3 is 0 Å². The first kappa shape index (κ1) is 12.2. The maximum Gasteiger partial charge on any atom is 0.0840 e. The molecule has 3 N–H and O–H groups in total. The van der Waals surface area contributed by atoms with E-state index >= 15 is 0 Å². The molecule has 0 aliphatic heterocycles. The smallest absolute Gasteiger partial charge is 0.0840 e. The third-order valence-electron chi connectivity index (χ3n) is 2.79. The minimum Gasteiger partial charge on any atom is -0.386 e. The molecule has 0 amide bonds. The summed E-state index contributed by atoms with van der Waals surface area (Å²) in [6.07, 6.45) is 1.00. The van der Waals surface area contributed by atoms with E-state index < -0.39 is 5.60 Å². The van der Waals surface area contributed by atoms with Crippen LogP contribution in [-0.2, 0) is 5.60 Å². The Bertz CT molecular complexity index is 297. The molecule has 1 unspecified atom stereocenters. The molecule has 0 saturated carbocycles. The zero-order valence-corrected chi connectivity index (χ0v) is 9.83. The van der Waals surface area contributed by atoms with E-state index in [1.54, 1.807) is 13.8 Å². The quantitative estimate of drug-likeness (QED) is 0.796. The van der Waals surface area contributed by atoms with E-state index in [2.05, 4.69) is 19.1 Å². The van der Waals surface area contributed by atoms with Gasteiger partial charge in [-0.2, -0.15) is 0 Å². The first-order valence-electron chi connectivity index (χ1n) is 5.48. The maximum atomic E-state index is 9.80. The third kappa shape index (κ3) is 3.33. The molecule has 84 valence electrons. The summed E-state index contributed by atoms with van der Waals surface area (Å²) in [5, 5.41) is 9.80. The zero-order valence-electron chi connectivity index (χ0n) is 9.83. The summed E-state index contributed by atoms with van der Waals surface area (Å²) in [5.74, 6) is 0.492. The highest BCUT2D eigenvalue weighted by atomic mass is 16.3. The number of rotatable bonds is 4. The van der Waals surface area contributed by atoms with Gasteiger partial charge in [-0.05, 0) is 43.9 Å². The van der Waals surface area contributed by atoms with Crippen LogP contribution in [0.1, 0.15) is 44.2 Å². The fraction of sp³-hybridized carbons (Fsp3) is 0.538. The SMILES string of the molecule is CC(CCN)c1ccc(C(C)(C)O)cc1. The lowest BCUT2D eigenvalue weighted by Crippen LogP contribution is -2.15. The van der Waals surface area contributed by atoms with Crippen LogP contribution < -0.4 is 5.73 Å². The van der Waals surface area contributed by atoms with Gasteiger partial charge in [0, 0.05) is 0 Å². The Morgan fingerprint density at radius 3 is 2.20 bits per heavy atom. The van der Waals surface area contributed by atoms with Gasteiger partial charge in [0.05, 0.1) is 5.60 Å². The van der Waals surface area contributed by atoms with Gasteiger partial charge < -0.3 is 10.8 Å². The molecule has 2 nitrogen and oxygen atoms in total. The molecule has 0 aliphatic rings. The van der Waals surface area contributed by atoms with Crippen molar-refractivity contribution < 1.29 is 5.11 Å². The van der Waals surface area contributed by atoms with E-state index in [4.69, 9.17) is 5.73 Å². The second-order valence-electron chi connectivity index (χ2n) is 4.66. The highest BCUT2D eigenvalue weighted by molar-refractivity contribution is 5.28. The molecule has 0 aliphatic carbocycles. The topological polar surface area (TPSA) is 46.2 Å². The van der Waals surface area contributed by atoms with Crippen molar-refractivity contribution >= 4 is 0 Å². The van der Waals surface area contributed by atoms with Crippen molar-refractivity contribution in [1.82, 2.24) is 0 Å². The van der Waals surface area contributed by atoms with Crippen LogP contribution in [0, 0.1) is 0 Å². The molecule has 1 aromatic carbocycles. The second-order valence-corrected chi connectivity index (χ2v) is 4.66. The Kier molecular flexibility index (Phi) is 3.89. The molecule has 0 bridgehead atoms. The lowest BCUT2D eigenvalue weighted by Gasteiger charge is -2.19. The number of hydrogen-bond donors (Lipinski definition) is 2. The van der Waals surface area contributed by atoms with Crippen LogP contribution in [0.3, 0.4) is 0 Å². The van der Waals surface area contributed by atoms with Crippen LogP contribution in [0.15, 0.2) is 24.3 Å². The highest BCUT2D eigenvalue weighted by Crippen LogP contribution is 2.23. The molecular weight excluding hydrogens is 186 g/mol. The number of hydrogen-bond acceptors (Lipinski definition) is 2. The average Bonchev–Trinajstić information content (AvgIpc) is 2.17. The van der Waals surface area contributed by atoms with E-state index in [1.807, 2.05) is 12.1 Å². The number of benzene rings is 1. The molecule has 0 saturated heterocycles. The third-order valence-corrected chi connectivity index (χ3v) is 2.79. The Morgan fingerprint density at radius 1 is 1.27 bits per heavy atom. The minimum atomic E-state index is -0.754. The fourth-order valence-electron chi connectivity index (χ4n) is 1.64. The maximum absolute atomic E-state index is 9.80. The largest absolute Gasteiger partial charge is 0.386 e. The summed E-state index contributed by atoms with van der Waals surface area (Å²) >= 11 is 0. The van der Waals surface area contributed by atoms with Crippen LogP contribution in [0.25, 0.3) is 0 Å². The Morgan fingerprint density at radius 2 is 1.80 bits per heavy atom. The van der Waals surface area contributed by atoms with Gasteiger partial charge in [-0.15, -0.1) is 0 Å². The molecule has 0 radical (unpaired) electrons. The van der Waals surface area contributed by atoms with Gasteiger partial charge in [0.25, 0.3) is 0 Å². The van der Waals surface area contributed by atoms with Crippen LogP contribution >= 0.6 is 0 Å². The number of aliphatic hydroxyl groups is 1. The lowest BCUT2D eigenvalue weighted by atomic mass is 9.92. The van der Waals surface area contributed by atoms with Gasteiger partial charge in [0.1, 0.15) is 0 Å². The van der Waals surface area contributed by atoms with Crippen LogP contribution in [0.5, 0.6) is 0 Å². The Hall–Kier alpha value is -0.860. The molecule has 1 rings (SSSR count). The Labute approximate surface area is 92.1 Å². The first-order valence-corrected chi connectivity index (χ1v) is 5.48. The summed E-state index contributed by atoms with van der Waals surface area (Å²) < 4.78 is 0. The molecule has 1 atom stereocenters. The van der Waals surface area contributed by atoms with Crippen LogP contribution in [0.2, 0.25) is 0 Å². The van der Waals surface area contributed by atoms with Crippen molar-refractivity contribution in [3.63, 3.8) is 0 Å². The molecule has 0 heterocycles. The van der Waals surface area contributed by atoms with Gasteiger partial charge in [0.15, 0.2) is 0 Å². The minimum absolute atomic E-state index is 0.492. The van der Waals surface area contributed by atoms with Crippen molar-refractivity contribution in [3.05, 3.63) is 35.4 Å².